The Balaban J connectivity index is 4.04. The summed E-state index contributed by atoms with van der Waals surface area (Å²) in [7, 11) is 0. The molecule has 0 saturated carbocycles. The maximum Gasteiger partial charge on any atom is 0.331 e. The molecule has 2 atom stereocenters. The zero-order valence-corrected chi connectivity index (χ0v) is 8.65. The van der Waals surface area contributed by atoms with E-state index in [1.165, 1.54) is 0 Å². The van der Waals surface area contributed by atoms with Gasteiger partial charge in [-0.05, 0) is 0 Å². The van der Waals surface area contributed by atoms with Crippen LogP contribution in [0.2, 0.25) is 0 Å². The fraction of sp³-hybridized carbons (Fsp3) is 0.571. The smallest absolute Gasteiger partial charge is 0.331 e. The van der Waals surface area contributed by atoms with Crippen LogP contribution in [0.5, 0.6) is 0 Å². The van der Waals surface area contributed by atoms with E-state index in [0.717, 1.165) is 0 Å². The Bertz CT molecular complexity index is 270. The Morgan fingerprint density at radius 3 is 2.20 bits per heavy atom. The van der Waals surface area contributed by atoms with Crippen molar-refractivity contribution in [1.29, 1.82) is 0 Å². The lowest BCUT2D eigenvalue weighted by Crippen LogP contribution is -2.38. The number of carboxylic acid groups (broad SMARTS) is 1. The second-order valence-electron chi connectivity index (χ2n) is 2.73. The van der Waals surface area contributed by atoms with Crippen molar-refractivity contribution < 1.29 is 24.2 Å². The number of nitrogens with two attached hydrogens (primary N) is 2. The lowest BCUT2D eigenvalue weighted by molar-refractivity contribution is -0.161. The van der Waals surface area contributed by atoms with Crippen molar-refractivity contribution in [3.05, 3.63) is 0 Å². The molecule has 0 radical (unpaired) electrons. The molecule has 5 N–H and O–H groups in total. The number of aliphatic carboxylic acids is 1. The Morgan fingerprint density at radius 2 is 1.80 bits per heavy atom. The lowest BCUT2D eigenvalue weighted by Gasteiger charge is -2.08. The lowest BCUT2D eigenvalue weighted by atomic mass is 10.2. The van der Waals surface area contributed by atoms with Gasteiger partial charge in [0.15, 0.2) is 0 Å². The minimum atomic E-state index is -1.39. The summed E-state index contributed by atoms with van der Waals surface area (Å²) in [6, 6.07) is -2.41. The molecule has 0 aliphatic carbocycles. The Kier molecular flexibility index (Phi) is 5.90. The summed E-state index contributed by atoms with van der Waals surface area (Å²) in [5.74, 6) is -3.30. The van der Waals surface area contributed by atoms with Gasteiger partial charge in [-0.2, -0.15) is 12.6 Å². The van der Waals surface area contributed by atoms with Crippen LogP contribution in [0.4, 0.5) is 0 Å². The molecule has 0 bridgehead atoms. The Morgan fingerprint density at radius 1 is 1.27 bits per heavy atom. The monoisotopic (exact) mass is 236 g/mol. The first kappa shape index (κ1) is 13.9. The zero-order chi connectivity index (χ0) is 12.0. The van der Waals surface area contributed by atoms with Crippen molar-refractivity contribution in [2.45, 2.75) is 18.5 Å². The summed E-state index contributed by atoms with van der Waals surface area (Å²) in [6.07, 6.45) is -0.583. The van der Waals surface area contributed by atoms with E-state index in [-0.39, 0.29) is 5.75 Å². The molecular weight excluding hydrogens is 224 g/mol. The summed E-state index contributed by atoms with van der Waals surface area (Å²) in [5.41, 5.74) is 10.2. The van der Waals surface area contributed by atoms with Gasteiger partial charge in [-0.15, -0.1) is 0 Å². The van der Waals surface area contributed by atoms with Crippen LogP contribution >= 0.6 is 12.6 Å². The highest BCUT2D eigenvalue weighted by atomic mass is 32.1. The molecule has 0 saturated heterocycles. The molecule has 0 aliphatic heterocycles. The average molecular weight is 236 g/mol. The van der Waals surface area contributed by atoms with Crippen molar-refractivity contribution in [3.63, 3.8) is 0 Å². The molecule has 0 spiro atoms. The Hall–Kier alpha value is -1.12. The van der Waals surface area contributed by atoms with Gasteiger partial charge in [0.2, 0.25) is 0 Å². The molecule has 0 aromatic heterocycles. The molecule has 86 valence electrons. The van der Waals surface area contributed by atoms with Gasteiger partial charge in [-0.25, -0.2) is 4.79 Å². The first-order valence-electron chi connectivity index (χ1n) is 3.97. The number of carboxylic acids is 1. The first-order valence-corrected chi connectivity index (χ1v) is 4.61. The number of thiol groups is 1. The molecule has 0 aromatic carbocycles. The molecule has 0 fully saturated rings. The van der Waals surface area contributed by atoms with Gasteiger partial charge in [0.25, 0.3) is 0 Å². The summed E-state index contributed by atoms with van der Waals surface area (Å²) in [6.45, 7) is 0. The summed E-state index contributed by atoms with van der Waals surface area (Å²) >= 11 is 3.72. The number of esters is 2. The van der Waals surface area contributed by atoms with Crippen LogP contribution in [0.15, 0.2) is 0 Å². The van der Waals surface area contributed by atoms with E-state index in [1.807, 2.05) is 0 Å². The SMILES string of the molecule is N[C@@H](CC(=O)OC(=O)[C@@H](N)CS)C(=O)O. The van der Waals surface area contributed by atoms with Crippen molar-refractivity contribution in [2.24, 2.45) is 11.5 Å². The van der Waals surface area contributed by atoms with Gasteiger partial charge >= 0.3 is 17.9 Å². The van der Waals surface area contributed by atoms with E-state index in [9.17, 15) is 14.4 Å². The number of rotatable bonds is 5. The van der Waals surface area contributed by atoms with Crippen molar-refractivity contribution >= 4 is 30.5 Å². The molecular formula is C7H12N2O5S. The molecule has 0 amide bonds. The van der Waals surface area contributed by atoms with Crippen LogP contribution in [0.25, 0.3) is 0 Å². The fourth-order valence-corrected chi connectivity index (χ4v) is 0.720. The molecule has 15 heavy (non-hydrogen) atoms. The molecule has 0 unspecified atom stereocenters. The largest absolute Gasteiger partial charge is 0.480 e. The summed E-state index contributed by atoms with van der Waals surface area (Å²) in [4.78, 5) is 32.1. The highest BCUT2D eigenvalue weighted by molar-refractivity contribution is 7.80. The third-order valence-electron chi connectivity index (χ3n) is 1.42. The van der Waals surface area contributed by atoms with Gasteiger partial charge in [0, 0.05) is 5.75 Å². The number of ether oxygens (including phenoxy) is 1. The van der Waals surface area contributed by atoms with E-state index < -0.39 is 36.4 Å². The minimum absolute atomic E-state index is 0.0249. The predicted molar refractivity (Wildman–Crippen MR) is 53.2 cm³/mol. The second-order valence-corrected chi connectivity index (χ2v) is 3.10. The highest BCUT2D eigenvalue weighted by Gasteiger charge is 2.22. The van der Waals surface area contributed by atoms with Gasteiger partial charge < -0.3 is 21.3 Å². The first-order chi connectivity index (χ1) is 6.88. The average Bonchev–Trinajstić information content (AvgIpc) is 2.15. The van der Waals surface area contributed by atoms with Crippen molar-refractivity contribution in [3.8, 4) is 0 Å². The van der Waals surface area contributed by atoms with Crippen molar-refractivity contribution in [2.75, 3.05) is 5.75 Å². The third-order valence-corrected chi connectivity index (χ3v) is 1.81. The quantitative estimate of drug-likeness (QED) is 0.249. The fourth-order valence-electron chi connectivity index (χ4n) is 0.571. The molecule has 0 aliphatic rings. The highest BCUT2D eigenvalue weighted by Crippen LogP contribution is 1.96. The maximum absolute atomic E-state index is 10.9. The van der Waals surface area contributed by atoms with Crippen molar-refractivity contribution in [1.82, 2.24) is 0 Å². The van der Waals surface area contributed by atoms with E-state index in [2.05, 4.69) is 17.4 Å². The summed E-state index contributed by atoms with van der Waals surface area (Å²) < 4.78 is 4.23. The normalized spacial score (nSPS) is 14.1. The number of carbonyl (C=O) groups excluding carboxylic acids is 2. The van der Waals surface area contributed by atoms with Gasteiger partial charge in [0.05, 0.1) is 6.42 Å². The Labute approximate surface area is 91.2 Å². The number of hydrogen-bond donors (Lipinski definition) is 4. The topological polar surface area (TPSA) is 133 Å². The number of hydrogen-bond acceptors (Lipinski definition) is 7. The number of carbonyl (C=O) groups is 3. The van der Waals surface area contributed by atoms with Gasteiger partial charge in [0.1, 0.15) is 12.1 Å². The van der Waals surface area contributed by atoms with E-state index >= 15 is 0 Å². The van der Waals surface area contributed by atoms with Crippen LogP contribution in [0.3, 0.4) is 0 Å². The molecule has 8 heteroatoms. The van der Waals surface area contributed by atoms with Gasteiger partial charge in [-0.1, -0.05) is 0 Å². The van der Waals surface area contributed by atoms with E-state index in [1.54, 1.807) is 0 Å². The molecule has 0 rings (SSSR count). The third kappa shape index (κ3) is 5.35. The van der Waals surface area contributed by atoms with Gasteiger partial charge in [-0.3, -0.25) is 9.59 Å². The van der Waals surface area contributed by atoms with Crippen LogP contribution in [-0.4, -0.2) is 40.9 Å². The summed E-state index contributed by atoms with van der Waals surface area (Å²) in [5, 5.41) is 8.37. The van der Waals surface area contributed by atoms with E-state index in [4.69, 9.17) is 16.6 Å². The molecule has 7 nitrogen and oxygen atoms in total. The van der Waals surface area contributed by atoms with E-state index in [0.29, 0.717) is 0 Å². The minimum Gasteiger partial charge on any atom is -0.480 e. The standard InChI is InChI=1S/C7H12N2O5S/c8-3(6(11)12)1-5(10)14-7(13)4(9)2-15/h3-4,15H,1-2,8-9H2,(H,11,12)/t3-,4-/m0/s1. The van der Waals surface area contributed by atoms with Crippen LogP contribution in [0, 0.1) is 0 Å². The zero-order valence-electron chi connectivity index (χ0n) is 7.75. The molecule has 0 aromatic rings. The second kappa shape index (κ2) is 6.38. The van der Waals surface area contributed by atoms with Crippen LogP contribution in [0.1, 0.15) is 6.42 Å². The maximum atomic E-state index is 10.9. The molecule has 0 heterocycles. The predicted octanol–water partition coefficient (Wildman–Crippen LogP) is -1.88. The van der Waals surface area contributed by atoms with Crippen LogP contribution in [-0.2, 0) is 19.1 Å². The van der Waals surface area contributed by atoms with Crippen LogP contribution < -0.4 is 11.5 Å².